The Morgan fingerprint density at radius 3 is 2.67 bits per heavy atom. The maximum Gasteiger partial charge on any atom is 0.0380 e. The van der Waals surface area contributed by atoms with Crippen LogP contribution in [0, 0.1) is 0 Å². The predicted molar refractivity (Wildman–Crippen MR) is 38.9 cm³/mol. The number of hydrogen-bond acceptors (Lipinski definition) is 2. The number of rotatable bonds is 0. The summed E-state index contributed by atoms with van der Waals surface area (Å²) in [5.41, 5.74) is 12.7. The molecule has 0 saturated heterocycles. The lowest BCUT2D eigenvalue weighted by Crippen LogP contribution is -2.41. The molecule has 0 fully saturated rings. The van der Waals surface area contributed by atoms with Gasteiger partial charge in [0.05, 0.1) is 0 Å². The van der Waals surface area contributed by atoms with E-state index in [9.17, 15) is 0 Å². The Morgan fingerprint density at radius 1 is 1.56 bits per heavy atom. The quantitative estimate of drug-likeness (QED) is 0.461. The van der Waals surface area contributed by atoms with E-state index < -0.39 is 0 Å². The van der Waals surface area contributed by atoms with Gasteiger partial charge in [-0.3, -0.25) is 0 Å². The van der Waals surface area contributed by atoms with Gasteiger partial charge in [-0.1, -0.05) is 11.6 Å². The average molecular weight is 126 g/mol. The van der Waals surface area contributed by atoms with Crippen molar-refractivity contribution in [1.82, 2.24) is 0 Å². The minimum Gasteiger partial charge on any atom is -0.326 e. The Bertz CT molecular complexity index is 129. The molecule has 0 aromatic heterocycles. The highest BCUT2D eigenvalue weighted by Crippen LogP contribution is 2.14. The number of hydrogen-bond donors (Lipinski definition) is 2. The lowest BCUT2D eigenvalue weighted by atomic mass is 9.93. The third kappa shape index (κ3) is 1.53. The number of allylic oxidation sites excluding steroid dienone is 1. The third-order valence-electron chi connectivity index (χ3n) is 1.84. The van der Waals surface area contributed by atoms with Crippen LogP contribution in [0.3, 0.4) is 0 Å². The van der Waals surface area contributed by atoms with Crippen LogP contribution in [0.5, 0.6) is 0 Å². The fourth-order valence-corrected chi connectivity index (χ4v) is 1.12. The smallest absolute Gasteiger partial charge is 0.0380 e. The standard InChI is InChI=1S/C7H14N2/c1-5-2-3-6(8)7(9)4-5/h4,6-7H,2-3,8-9H2,1H3/t6?,7-/m1/s1. The highest BCUT2D eigenvalue weighted by Gasteiger charge is 2.14. The van der Waals surface area contributed by atoms with E-state index in [2.05, 4.69) is 13.0 Å². The molecule has 0 spiro atoms. The van der Waals surface area contributed by atoms with Crippen molar-refractivity contribution in [1.29, 1.82) is 0 Å². The average Bonchev–Trinajstić information content (AvgIpc) is 1.80. The molecule has 1 unspecified atom stereocenters. The molecule has 52 valence electrons. The SMILES string of the molecule is CC1=C[C@@H](N)C(N)CC1. The molecule has 4 N–H and O–H groups in total. The van der Waals surface area contributed by atoms with Crippen LogP contribution in [0.2, 0.25) is 0 Å². The zero-order valence-electron chi connectivity index (χ0n) is 5.80. The molecule has 0 bridgehead atoms. The second-order valence-electron chi connectivity index (χ2n) is 2.79. The van der Waals surface area contributed by atoms with Crippen LogP contribution in [-0.4, -0.2) is 12.1 Å². The van der Waals surface area contributed by atoms with Gasteiger partial charge in [0.25, 0.3) is 0 Å². The summed E-state index contributed by atoms with van der Waals surface area (Å²) in [5, 5.41) is 0. The van der Waals surface area contributed by atoms with E-state index in [0.29, 0.717) is 0 Å². The molecule has 0 aromatic rings. The van der Waals surface area contributed by atoms with E-state index in [1.165, 1.54) is 5.57 Å². The van der Waals surface area contributed by atoms with Crippen LogP contribution in [0.4, 0.5) is 0 Å². The van der Waals surface area contributed by atoms with Gasteiger partial charge in [0.15, 0.2) is 0 Å². The fourth-order valence-electron chi connectivity index (χ4n) is 1.12. The van der Waals surface area contributed by atoms with Crippen molar-refractivity contribution in [3.63, 3.8) is 0 Å². The van der Waals surface area contributed by atoms with Gasteiger partial charge in [-0.25, -0.2) is 0 Å². The summed E-state index contributed by atoms with van der Waals surface area (Å²) < 4.78 is 0. The summed E-state index contributed by atoms with van der Waals surface area (Å²) in [4.78, 5) is 0. The van der Waals surface area contributed by atoms with E-state index in [4.69, 9.17) is 11.5 Å². The van der Waals surface area contributed by atoms with Crippen LogP contribution in [-0.2, 0) is 0 Å². The van der Waals surface area contributed by atoms with Crippen LogP contribution in [0.25, 0.3) is 0 Å². The molecular weight excluding hydrogens is 112 g/mol. The highest BCUT2D eigenvalue weighted by atomic mass is 14.8. The monoisotopic (exact) mass is 126 g/mol. The molecule has 0 aromatic carbocycles. The Kier molecular flexibility index (Phi) is 1.88. The summed E-state index contributed by atoms with van der Waals surface area (Å²) in [6.07, 6.45) is 4.23. The first kappa shape index (κ1) is 6.78. The van der Waals surface area contributed by atoms with Crippen molar-refractivity contribution in [2.24, 2.45) is 11.5 Å². The van der Waals surface area contributed by atoms with Gasteiger partial charge in [0.1, 0.15) is 0 Å². The maximum absolute atomic E-state index is 5.67. The highest BCUT2D eigenvalue weighted by molar-refractivity contribution is 5.10. The van der Waals surface area contributed by atoms with Crippen LogP contribution < -0.4 is 11.5 Å². The molecule has 0 heterocycles. The van der Waals surface area contributed by atoms with Crippen molar-refractivity contribution in [2.75, 3.05) is 0 Å². The van der Waals surface area contributed by atoms with Gasteiger partial charge in [-0.15, -0.1) is 0 Å². The lowest BCUT2D eigenvalue weighted by molar-refractivity contribution is 0.528. The molecule has 1 aliphatic rings. The van der Waals surface area contributed by atoms with Crippen molar-refractivity contribution in [3.8, 4) is 0 Å². The fraction of sp³-hybridized carbons (Fsp3) is 0.714. The first-order valence-corrected chi connectivity index (χ1v) is 3.38. The second-order valence-corrected chi connectivity index (χ2v) is 2.79. The molecule has 1 rings (SSSR count). The van der Waals surface area contributed by atoms with Gasteiger partial charge in [-0.05, 0) is 19.8 Å². The molecule has 9 heavy (non-hydrogen) atoms. The molecular formula is C7H14N2. The normalized spacial score (nSPS) is 36.1. The van der Waals surface area contributed by atoms with E-state index in [0.717, 1.165) is 12.8 Å². The lowest BCUT2D eigenvalue weighted by Gasteiger charge is -2.22. The maximum atomic E-state index is 5.67. The zero-order chi connectivity index (χ0) is 6.85. The Morgan fingerprint density at radius 2 is 2.22 bits per heavy atom. The van der Waals surface area contributed by atoms with Crippen molar-refractivity contribution >= 4 is 0 Å². The molecule has 2 atom stereocenters. The summed E-state index contributed by atoms with van der Waals surface area (Å²) in [6.45, 7) is 2.10. The first-order valence-electron chi connectivity index (χ1n) is 3.38. The largest absolute Gasteiger partial charge is 0.326 e. The van der Waals surface area contributed by atoms with E-state index in [1.54, 1.807) is 0 Å². The van der Waals surface area contributed by atoms with E-state index in [1.807, 2.05) is 0 Å². The molecule has 0 amide bonds. The molecule has 0 saturated carbocycles. The van der Waals surface area contributed by atoms with Gasteiger partial charge >= 0.3 is 0 Å². The van der Waals surface area contributed by atoms with Crippen molar-refractivity contribution in [3.05, 3.63) is 11.6 Å². The zero-order valence-corrected chi connectivity index (χ0v) is 5.80. The van der Waals surface area contributed by atoms with Crippen LogP contribution in [0.15, 0.2) is 11.6 Å². The third-order valence-corrected chi connectivity index (χ3v) is 1.84. The Labute approximate surface area is 55.9 Å². The predicted octanol–water partition coefficient (Wildman–Crippen LogP) is 0.381. The number of nitrogens with two attached hydrogens (primary N) is 2. The van der Waals surface area contributed by atoms with Crippen molar-refractivity contribution in [2.45, 2.75) is 31.8 Å². The van der Waals surface area contributed by atoms with E-state index in [-0.39, 0.29) is 12.1 Å². The minimum atomic E-state index is 0.0961. The molecule has 1 aliphatic carbocycles. The minimum absolute atomic E-state index is 0.0961. The Hall–Kier alpha value is -0.340. The first-order chi connectivity index (χ1) is 4.20. The summed E-state index contributed by atoms with van der Waals surface area (Å²) >= 11 is 0. The van der Waals surface area contributed by atoms with E-state index >= 15 is 0 Å². The van der Waals surface area contributed by atoms with Crippen LogP contribution >= 0.6 is 0 Å². The van der Waals surface area contributed by atoms with Gasteiger partial charge < -0.3 is 11.5 Å². The molecule has 0 radical (unpaired) electrons. The Balaban J connectivity index is 2.58. The summed E-state index contributed by atoms with van der Waals surface area (Å²) in [7, 11) is 0. The summed E-state index contributed by atoms with van der Waals surface area (Å²) in [6, 6.07) is 0.285. The van der Waals surface area contributed by atoms with Crippen LogP contribution in [0.1, 0.15) is 19.8 Å². The molecule has 0 aliphatic heterocycles. The second kappa shape index (κ2) is 2.50. The van der Waals surface area contributed by atoms with Gasteiger partial charge in [0.2, 0.25) is 0 Å². The van der Waals surface area contributed by atoms with Crippen molar-refractivity contribution < 1.29 is 0 Å². The van der Waals surface area contributed by atoms with Gasteiger partial charge in [-0.2, -0.15) is 0 Å². The van der Waals surface area contributed by atoms with Gasteiger partial charge in [0, 0.05) is 12.1 Å². The molecule has 2 nitrogen and oxygen atoms in total. The summed E-state index contributed by atoms with van der Waals surface area (Å²) in [5.74, 6) is 0. The topological polar surface area (TPSA) is 52.0 Å². The molecule has 2 heteroatoms.